The molecule has 1 N–H and O–H groups in total. The summed E-state index contributed by atoms with van der Waals surface area (Å²) < 4.78 is 34.5. The average molecular weight is 523 g/mol. The van der Waals surface area contributed by atoms with Crippen molar-refractivity contribution in [2.24, 2.45) is 0 Å². The molecule has 3 aromatic carbocycles. The second-order valence-electron chi connectivity index (χ2n) is 8.16. The predicted octanol–water partition coefficient (Wildman–Crippen LogP) is 5.19. The average Bonchev–Trinajstić information content (AvgIpc) is 2.88. The number of hydrogen-bond donors (Lipinski definition) is 1. The molecule has 0 radical (unpaired) electrons. The Balaban J connectivity index is 1.69. The SMILES string of the molecule is C=CCN1c2ccc(Cl)cc2C(c2ccccc2)=C(C(=O)NCCOc2ccc(CC)cc2)S1(=O)=O. The smallest absolute Gasteiger partial charge is 0.270 e. The second kappa shape index (κ2) is 11.0. The first kappa shape index (κ1) is 25.5. The number of halogens is 1. The third-order valence-electron chi connectivity index (χ3n) is 5.82. The van der Waals surface area contributed by atoms with Gasteiger partial charge in [-0.1, -0.05) is 67.1 Å². The Morgan fingerprint density at radius 2 is 1.81 bits per heavy atom. The molecule has 1 amide bonds. The molecule has 1 heterocycles. The van der Waals surface area contributed by atoms with Crippen LogP contribution in [0.5, 0.6) is 5.75 Å². The summed E-state index contributed by atoms with van der Waals surface area (Å²) in [7, 11) is -4.20. The number of fused-ring (bicyclic) bond motifs is 1. The lowest BCUT2D eigenvalue weighted by atomic mass is 9.95. The van der Waals surface area contributed by atoms with E-state index in [1.165, 1.54) is 15.9 Å². The van der Waals surface area contributed by atoms with E-state index >= 15 is 0 Å². The summed E-state index contributed by atoms with van der Waals surface area (Å²) >= 11 is 6.30. The lowest BCUT2D eigenvalue weighted by Gasteiger charge is -2.33. The molecule has 186 valence electrons. The first-order chi connectivity index (χ1) is 17.4. The van der Waals surface area contributed by atoms with Crippen molar-refractivity contribution in [2.75, 3.05) is 24.0 Å². The van der Waals surface area contributed by atoms with Crippen LogP contribution >= 0.6 is 11.6 Å². The molecule has 0 aromatic heterocycles. The number of carbonyl (C=O) groups excluding carboxylic acids is 1. The van der Waals surface area contributed by atoms with E-state index in [0.717, 1.165) is 6.42 Å². The third kappa shape index (κ3) is 5.17. The Morgan fingerprint density at radius 3 is 2.47 bits per heavy atom. The minimum absolute atomic E-state index is 0.00663. The molecule has 0 spiro atoms. The fourth-order valence-electron chi connectivity index (χ4n) is 4.09. The summed E-state index contributed by atoms with van der Waals surface area (Å²) in [6.45, 7) is 6.08. The van der Waals surface area contributed by atoms with Crippen LogP contribution in [0.25, 0.3) is 5.57 Å². The Labute approximate surface area is 216 Å². The van der Waals surface area contributed by atoms with E-state index in [2.05, 4.69) is 18.8 Å². The highest BCUT2D eigenvalue weighted by molar-refractivity contribution is 7.97. The summed E-state index contributed by atoms with van der Waals surface area (Å²) in [4.78, 5) is 13.1. The van der Waals surface area contributed by atoms with Gasteiger partial charge < -0.3 is 10.1 Å². The van der Waals surface area contributed by atoms with Crippen LogP contribution in [0.3, 0.4) is 0 Å². The highest BCUT2D eigenvalue weighted by atomic mass is 35.5. The molecule has 0 fully saturated rings. The molecule has 0 saturated carbocycles. The quantitative estimate of drug-likeness (QED) is 0.310. The van der Waals surface area contributed by atoms with Crippen LogP contribution in [0.1, 0.15) is 23.6 Å². The number of benzene rings is 3. The Hall–Kier alpha value is -3.55. The van der Waals surface area contributed by atoms with Crippen molar-refractivity contribution in [1.29, 1.82) is 0 Å². The van der Waals surface area contributed by atoms with Crippen molar-refractivity contribution >= 4 is 38.8 Å². The molecule has 36 heavy (non-hydrogen) atoms. The number of ether oxygens (including phenoxy) is 1. The topological polar surface area (TPSA) is 75.7 Å². The maximum absolute atomic E-state index is 13.8. The summed E-state index contributed by atoms with van der Waals surface area (Å²) in [5.41, 5.74) is 3.10. The zero-order valence-electron chi connectivity index (χ0n) is 19.9. The first-order valence-corrected chi connectivity index (χ1v) is 13.4. The van der Waals surface area contributed by atoms with E-state index in [1.807, 2.05) is 30.3 Å². The number of sulfonamides is 1. The van der Waals surface area contributed by atoms with Crippen LogP contribution in [0.2, 0.25) is 5.02 Å². The predicted molar refractivity (Wildman–Crippen MR) is 145 cm³/mol. The maximum Gasteiger partial charge on any atom is 0.270 e. The van der Waals surface area contributed by atoms with Gasteiger partial charge >= 0.3 is 0 Å². The number of aryl methyl sites for hydroxylation is 1. The van der Waals surface area contributed by atoms with Gasteiger partial charge in [-0.15, -0.1) is 6.58 Å². The summed E-state index contributed by atoms with van der Waals surface area (Å²) in [6.07, 6.45) is 2.41. The van der Waals surface area contributed by atoms with Crippen LogP contribution in [-0.4, -0.2) is 34.0 Å². The second-order valence-corrected chi connectivity index (χ2v) is 10.4. The standard InChI is InChI=1S/C28H27ClN2O4S/c1-3-17-31-25-15-12-22(29)19-24(25)26(21-8-6-5-7-9-21)27(36(31,33)34)28(32)30-16-18-35-23-13-10-20(4-2)11-14-23/h3,5-15,19H,1,4,16-18H2,2H3,(H,30,32). The van der Waals surface area contributed by atoms with Crippen LogP contribution < -0.4 is 14.4 Å². The molecule has 0 saturated heterocycles. The highest BCUT2D eigenvalue weighted by Crippen LogP contribution is 2.43. The lowest BCUT2D eigenvalue weighted by molar-refractivity contribution is -0.116. The van der Waals surface area contributed by atoms with E-state index < -0.39 is 15.9 Å². The van der Waals surface area contributed by atoms with Gasteiger partial charge in [-0.3, -0.25) is 9.10 Å². The minimum atomic E-state index is -4.20. The van der Waals surface area contributed by atoms with Gasteiger partial charge in [-0.25, -0.2) is 8.42 Å². The van der Waals surface area contributed by atoms with Crippen molar-refractivity contribution < 1.29 is 17.9 Å². The fraction of sp³-hybridized carbons (Fsp3) is 0.179. The number of nitrogens with zero attached hydrogens (tertiary/aromatic N) is 1. The number of amides is 1. The molecule has 3 aromatic rings. The Kier molecular flexibility index (Phi) is 7.82. The van der Waals surface area contributed by atoms with Gasteiger partial charge in [0.15, 0.2) is 4.91 Å². The van der Waals surface area contributed by atoms with E-state index in [9.17, 15) is 13.2 Å². The van der Waals surface area contributed by atoms with Crippen LogP contribution in [0, 0.1) is 0 Å². The van der Waals surface area contributed by atoms with Crippen LogP contribution in [0.4, 0.5) is 5.69 Å². The number of hydrogen-bond acceptors (Lipinski definition) is 4. The molecule has 0 atom stereocenters. The largest absolute Gasteiger partial charge is 0.492 e. The number of carbonyl (C=O) groups is 1. The summed E-state index contributed by atoms with van der Waals surface area (Å²) in [6, 6.07) is 21.6. The van der Waals surface area contributed by atoms with Gasteiger partial charge in [0.25, 0.3) is 15.9 Å². The lowest BCUT2D eigenvalue weighted by Crippen LogP contribution is -2.42. The molecule has 8 heteroatoms. The normalized spacial score (nSPS) is 14.2. The van der Waals surface area contributed by atoms with Gasteiger partial charge in [-0.2, -0.15) is 0 Å². The molecule has 1 aliphatic heterocycles. The van der Waals surface area contributed by atoms with Crippen molar-refractivity contribution in [3.8, 4) is 5.75 Å². The monoisotopic (exact) mass is 522 g/mol. The molecular weight excluding hydrogens is 496 g/mol. The first-order valence-electron chi connectivity index (χ1n) is 11.6. The Morgan fingerprint density at radius 1 is 1.08 bits per heavy atom. The number of rotatable bonds is 9. The van der Waals surface area contributed by atoms with Gasteiger partial charge in [0.05, 0.1) is 18.8 Å². The van der Waals surface area contributed by atoms with E-state index in [1.54, 1.807) is 42.5 Å². The Bertz CT molecular complexity index is 1400. The molecule has 0 bridgehead atoms. The van der Waals surface area contributed by atoms with Gasteiger partial charge in [0.1, 0.15) is 12.4 Å². The summed E-state index contributed by atoms with van der Waals surface area (Å²) in [5, 5.41) is 3.15. The number of anilines is 1. The molecule has 0 aliphatic carbocycles. The molecule has 1 aliphatic rings. The van der Waals surface area contributed by atoms with E-state index in [0.29, 0.717) is 33.2 Å². The number of nitrogens with one attached hydrogen (secondary N) is 1. The fourth-order valence-corrected chi connectivity index (χ4v) is 5.99. The van der Waals surface area contributed by atoms with E-state index in [-0.39, 0.29) is 24.6 Å². The minimum Gasteiger partial charge on any atom is -0.492 e. The third-order valence-corrected chi connectivity index (χ3v) is 7.89. The highest BCUT2D eigenvalue weighted by Gasteiger charge is 2.40. The van der Waals surface area contributed by atoms with Gasteiger partial charge in [0.2, 0.25) is 0 Å². The maximum atomic E-state index is 13.8. The van der Waals surface area contributed by atoms with Crippen molar-refractivity contribution in [1.82, 2.24) is 5.32 Å². The van der Waals surface area contributed by atoms with E-state index in [4.69, 9.17) is 16.3 Å². The molecule has 6 nitrogen and oxygen atoms in total. The zero-order valence-corrected chi connectivity index (χ0v) is 21.5. The van der Waals surface area contributed by atoms with Crippen LogP contribution in [0.15, 0.2) is 90.4 Å². The van der Waals surface area contributed by atoms with Crippen molar-refractivity contribution in [3.63, 3.8) is 0 Å². The van der Waals surface area contributed by atoms with Gasteiger partial charge in [0, 0.05) is 16.2 Å². The van der Waals surface area contributed by atoms with Crippen molar-refractivity contribution in [3.05, 3.63) is 112 Å². The van der Waals surface area contributed by atoms with Crippen LogP contribution in [-0.2, 0) is 21.2 Å². The molecular formula is C28H27ClN2O4S. The molecule has 0 unspecified atom stereocenters. The summed E-state index contributed by atoms with van der Waals surface area (Å²) in [5.74, 6) is -0.0323. The zero-order chi connectivity index (χ0) is 25.7. The molecule has 4 rings (SSSR count). The van der Waals surface area contributed by atoms with Gasteiger partial charge in [-0.05, 0) is 47.9 Å². The van der Waals surface area contributed by atoms with Crippen molar-refractivity contribution in [2.45, 2.75) is 13.3 Å².